The molecule has 7 nitrogen and oxygen atoms in total. The molecule has 1 aromatic rings. The zero-order valence-corrected chi connectivity index (χ0v) is 14.0. The van der Waals surface area contributed by atoms with E-state index in [1.54, 1.807) is 18.5 Å². The van der Waals surface area contributed by atoms with Crippen LogP contribution in [0, 0.1) is 0 Å². The number of hydrogen-bond donors (Lipinski definition) is 1. The van der Waals surface area contributed by atoms with Crippen LogP contribution in [0.4, 0.5) is 4.79 Å². The largest absolute Gasteiger partial charge is 0.616 e. The minimum absolute atomic E-state index is 0.0678. The van der Waals surface area contributed by atoms with E-state index in [9.17, 15) is 9.35 Å². The van der Waals surface area contributed by atoms with Crippen molar-refractivity contribution in [3.63, 3.8) is 0 Å². The van der Waals surface area contributed by atoms with Crippen molar-refractivity contribution in [1.29, 1.82) is 0 Å². The molecule has 9 heteroatoms. The molecule has 2 N–H and O–H groups in total. The van der Waals surface area contributed by atoms with Crippen LogP contribution in [0.1, 0.15) is 5.56 Å². The summed E-state index contributed by atoms with van der Waals surface area (Å²) in [5.41, 5.74) is 0.803. The second kappa shape index (κ2) is 9.34. The molecule has 22 heavy (non-hydrogen) atoms. The number of rotatable bonds is 5. The molecule has 1 rings (SSSR count). The molecule has 1 aromatic heterocycles. The summed E-state index contributed by atoms with van der Waals surface area (Å²) in [5, 5.41) is 3.81. The number of amides is 1. The molecule has 0 radical (unpaired) electrons. The van der Waals surface area contributed by atoms with E-state index in [0.717, 1.165) is 17.3 Å². The molecule has 1 atom stereocenters. The van der Waals surface area contributed by atoms with Gasteiger partial charge in [0, 0.05) is 29.9 Å². The van der Waals surface area contributed by atoms with Gasteiger partial charge in [-0.25, -0.2) is 4.79 Å². The van der Waals surface area contributed by atoms with Gasteiger partial charge in [0.1, 0.15) is 12.4 Å². The third kappa shape index (κ3) is 5.96. The highest BCUT2D eigenvalue weighted by atomic mass is 32.2. The summed E-state index contributed by atoms with van der Waals surface area (Å²) >= 11 is 0.111. The minimum atomic E-state index is -1.02. The van der Waals surface area contributed by atoms with E-state index < -0.39 is 17.3 Å². The first kappa shape index (κ1) is 18.3. The average molecular weight is 342 g/mol. The number of nitrogens with zero attached hydrogens (tertiary/aromatic N) is 3. The molecule has 0 aliphatic heterocycles. The standard InChI is InChI=1S/C13H18N4O3S2/c1-10(11-5-4-6-15-9-11)21-12(16-14)17(2)13(18)20-7-8-22(3)19/h4-6,9H,1,7-8,14H2,2-3H3/b16-12-. The normalized spacial score (nSPS) is 12.6. The first-order valence-corrected chi connectivity index (χ1v) is 8.75. The van der Waals surface area contributed by atoms with Crippen molar-refractivity contribution in [2.75, 3.05) is 25.7 Å². The number of aromatic nitrogens is 1. The van der Waals surface area contributed by atoms with Crippen molar-refractivity contribution in [3.8, 4) is 0 Å². The number of hydrazone groups is 1. The first-order valence-electron chi connectivity index (χ1n) is 6.21. The molecular weight excluding hydrogens is 324 g/mol. The summed E-state index contributed by atoms with van der Waals surface area (Å²) in [6.45, 7) is 3.98. The lowest BCUT2D eigenvalue weighted by Gasteiger charge is -2.18. The number of ether oxygens (including phenoxy) is 1. The van der Waals surface area contributed by atoms with Crippen LogP contribution in [0.3, 0.4) is 0 Å². The summed E-state index contributed by atoms with van der Waals surface area (Å²) in [6, 6.07) is 3.62. The predicted molar refractivity (Wildman–Crippen MR) is 90.5 cm³/mol. The molecule has 120 valence electrons. The molecule has 0 bridgehead atoms. The van der Waals surface area contributed by atoms with E-state index in [1.165, 1.54) is 18.2 Å². The zero-order valence-electron chi connectivity index (χ0n) is 12.4. The Balaban J connectivity index is 2.60. The fraction of sp³-hybridized carbons (Fsp3) is 0.308. The molecule has 0 aliphatic rings. The van der Waals surface area contributed by atoms with Crippen LogP contribution in [0.5, 0.6) is 0 Å². The van der Waals surface area contributed by atoms with Gasteiger partial charge in [-0.15, -0.1) is 0 Å². The molecule has 0 saturated carbocycles. The third-order valence-electron chi connectivity index (χ3n) is 2.47. The molecule has 0 aromatic carbocycles. The Hall–Kier alpha value is -1.71. The van der Waals surface area contributed by atoms with E-state index in [4.69, 9.17) is 10.6 Å². The van der Waals surface area contributed by atoms with E-state index in [0.29, 0.717) is 4.91 Å². The van der Waals surface area contributed by atoms with Gasteiger partial charge in [0.15, 0.2) is 5.17 Å². The van der Waals surface area contributed by atoms with Gasteiger partial charge in [0.25, 0.3) is 0 Å². The Morgan fingerprint density at radius 3 is 2.95 bits per heavy atom. The van der Waals surface area contributed by atoms with Gasteiger partial charge in [-0.3, -0.25) is 9.88 Å². The van der Waals surface area contributed by atoms with E-state index in [1.807, 2.05) is 6.07 Å². The summed E-state index contributed by atoms with van der Waals surface area (Å²) in [7, 11) is 1.49. The maximum Gasteiger partial charge on any atom is 0.415 e. The van der Waals surface area contributed by atoms with Crippen LogP contribution < -0.4 is 5.84 Å². The summed E-state index contributed by atoms with van der Waals surface area (Å²) in [6.07, 6.45) is 4.22. The van der Waals surface area contributed by atoms with E-state index in [2.05, 4.69) is 16.7 Å². The molecular formula is C13H18N4O3S2. The van der Waals surface area contributed by atoms with Crippen LogP contribution in [-0.4, -0.2) is 51.4 Å². The minimum Gasteiger partial charge on any atom is -0.616 e. The number of carbonyl (C=O) groups is 1. The molecule has 0 fully saturated rings. The lowest BCUT2D eigenvalue weighted by Crippen LogP contribution is -2.33. The number of amidine groups is 1. The van der Waals surface area contributed by atoms with Gasteiger partial charge in [-0.1, -0.05) is 23.8 Å². The molecule has 0 saturated heterocycles. The summed E-state index contributed by atoms with van der Waals surface area (Å²) < 4.78 is 15.9. The van der Waals surface area contributed by atoms with Gasteiger partial charge < -0.3 is 15.1 Å². The number of carbonyl (C=O) groups excluding carboxylic acids is 1. The second-order valence-electron chi connectivity index (χ2n) is 4.13. The lowest BCUT2D eigenvalue weighted by molar-refractivity contribution is 0.135. The van der Waals surface area contributed by atoms with Gasteiger partial charge >= 0.3 is 6.09 Å². The highest BCUT2D eigenvalue weighted by molar-refractivity contribution is 8.21. The lowest BCUT2D eigenvalue weighted by atomic mass is 10.3. The van der Waals surface area contributed by atoms with Crippen molar-refractivity contribution in [2.24, 2.45) is 10.9 Å². The van der Waals surface area contributed by atoms with Crippen LogP contribution in [0.15, 0.2) is 36.2 Å². The topological polar surface area (TPSA) is 104 Å². The van der Waals surface area contributed by atoms with Crippen molar-refractivity contribution in [2.45, 2.75) is 0 Å². The SMILES string of the molecule is C=C(S/C(=N\N)N(C)C(=O)OCC[S+](C)[O-])c1cccnc1. The van der Waals surface area contributed by atoms with Crippen LogP contribution in [0.25, 0.3) is 4.91 Å². The predicted octanol–water partition coefficient (Wildman–Crippen LogP) is 1.46. The number of nitrogens with two attached hydrogens (primary N) is 1. The molecule has 0 aliphatic carbocycles. The van der Waals surface area contributed by atoms with Gasteiger partial charge in [0.05, 0.1) is 6.26 Å². The maximum absolute atomic E-state index is 11.9. The molecule has 1 unspecified atom stereocenters. The molecule has 0 spiro atoms. The van der Waals surface area contributed by atoms with Crippen LogP contribution in [0.2, 0.25) is 0 Å². The maximum atomic E-state index is 11.9. The Labute approximate surface area is 136 Å². The van der Waals surface area contributed by atoms with Gasteiger partial charge in [0.2, 0.25) is 0 Å². The number of thioether (sulfide) groups is 1. The zero-order chi connectivity index (χ0) is 16.5. The van der Waals surface area contributed by atoms with Crippen molar-refractivity contribution in [3.05, 3.63) is 36.7 Å². The fourth-order valence-corrected chi connectivity index (χ4v) is 2.34. The monoisotopic (exact) mass is 342 g/mol. The smallest absolute Gasteiger partial charge is 0.415 e. The quantitative estimate of drug-likeness (QED) is 0.286. The summed E-state index contributed by atoms with van der Waals surface area (Å²) in [5.74, 6) is 5.61. The van der Waals surface area contributed by atoms with Crippen LogP contribution in [-0.2, 0) is 15.9 Å². The Morgan fingerprint density at radius 1 is 1.68 bits per heavy atom. The number of hydrogen-bond acceptors (Lipinski definition) is 7. The van der Waals surface area contributed by atoms with Gasteiger partial charge in [-0.2, -0.15) is 5.10 Å². The van der Waals surface area contributed by atoms with Crippen molar-refractivity contribution >= 4 is 39.1 Å². The average Bonchev–Trinajstić information content (AvgIpc) is 2.52. The Kier molecular flexibility index (Phi) is 7.78. The third-order valence-corrected chi connectivity index (χ3v) is 4.25. The van der Waals surface area contributed by atoms with Gasteiger partial charge in [-0.05, 0) is 17.8 Å². The highest BCUT2D eigenvalue weighted by Crippen LogP contribution is 2.27. The highest BCUT2D eigenvalue weighted by Gasteiger charge is 2.19. The second-order valence-corrected chi connectivity index (χ2v) is 6.75. The Bertz CT molecular complexity index is 537. The molecule has 1 heterocycles. The van der Waals surface area contributed by atoms with E-state index in [-0.39, 0.29) is 17.5 Å². The molecule has 1 amide bonds. The first-order chi connectivity index (χ1) is 10.5. The van der Waals surface area contributed by atoms with Crippen molar-refractivity contribution < 1.29 is 14.1 Å². The fourth-order valence-electron chi connectivity index (χ4n) is 1.30. The van der Waals surface area contributed by atoms with Crippen molar-refractivity contribution in [1.82, 2.24) is 9.88 Å². The summed E-state index contributed by atoms with van der Waals surface area (Å²) in [4.78, 5) is 17.7. The van der Waals surface area contributed by atoms with Crippen LogP contribution >= 0.6 is 11.8 Å². The number of pyridine rings is 1. The Morgan fingerprint density at radius 2 is 2.41 bits per heavy atom. The van der Waals surface area contributed by atoms with E-state index >= 15 is 0 Å².